The fraction of sp³-hybridized carbons (Fsp3) is 0.400. The van der Waals surface area contributed by atoms with E-state index in [1.54, 1.807) is 13.8 Å². The lowest BCUT2D eigenvalue weighted by Crippen LogP contribution is -2.07. The zero-order valence-corrected chi connectivity index (χ0v) is 5.89. The third-order valence-corrected chi connectivity index (χ3v) is 0.204. The molecule has 0 amide bonds. The first-order chi connectivity index (χ1) is 4.00. The second-order valence-electron chi connectivity index (χ2n) is 1.62. The molecule has 0 aromatic heterocycles. The number of allylic oxidation sites excluding steroid dienone is 1. The van der Waals surface area contributed by atoms with Crippen LogP contribution in [0, 0.1) is 0 Å². The lowest BCUT2D eigenvalue weighted by atomic mass is 10.6. The van der Waals surface area contributed by atoms with Gasteiger partial charge in [0, 0.05) is 0 Å². The van der Waals surface area contributed by atoms with Crippen molar-refractivity contribution in [3.05, 3.63) is 12.3 Å². The van der Waals surface area contributed by atoms with Gasteiger partial charge in [0.25, 0.3) is 0 Å². The van der Waals surface area contributed by atoms with Crippen LogP contribution in [0.3, 0.4) is 0 Å². The maximum absolute atomic E-state index is 4.92. The summed E-state index contributed by atoms with van der Waals surface area (Å²) in [6, 6.07) is 0. The van der Waals surface area contributed by atoms with Crippen LogP contribution in [0.15, 0.2) is 17.4 Å². The van der Waals surface area contributed by atoms with Crippen LogP contribution >= 0.6 is 0 Å². The highest BCUT2D eigenvalue weighted by Crippen LogP contribution is 1.58. The molecular formula is C5H14N4. The summed E-state index contributed by atoms with van der Waals surface area (Å²) in [5.41, 5.74) is 10.5. The molecule has 0 aliphatic carbocycles. The van der Waals surface area contributed by atoms with Gasteiger partial charge < -0.3 is 17.3 Å². The molecule has 0 aromatic carbocycles. The van der Waals surface area contributed by atoms with E-state index in [4.69, 9.17) is 11.5 Å². The second-order valence-corrected chi connectivity index (χ2v) is 1.62. The summed E-state index contributed by atoms with van der Waals surface area (Å²) < 4.78 is 0. The minimum atomic E-state index is 0.407. The number of amidine groups is 1. The second kappa shape index (κ2) is 6.81. The molecule has 0 atom stereocenters. The van der Waals surface area contributed by atoms with E-state index >= 15 is 0 Å². The average Bonchev–Trinajstić information content (AvgIpc) is 1.65. The lowest BCUT2D eigenvalue weighted by Gasteiger charge is -1.75. The Bertz CT molecular complexity index is 97.5. The first-order valence-electron chi connectivity index (χ1n) is 2.41. The highest BCUT2D eigenvalue weighted by Gasteiger charge is 1.62. The lowest BCUT2D eigenvalue weighted by molar-refractivity contribution is 1.22. The van der Waals surface area contributed by atoms with Crippen molar-refractivity contribution < 1.29 is 0 Å². The van der Waals surface area contributed by atoms with Crippen LogP contribution in [0.4, 0.5) is 0 Å². The standard InChI is InChI=1S/C3H7N.C2H7N3/c1-3(2)4;1-2(3)5-4/h1,4H2,2H3;4H2,1H3,(H2,3,5). The number of hydrazone groups is 1. The number of rotatable bonds is 0. The van der Waals surface area contributed by atoms with Crippen molar-refractivity contribution >= 4 is 5.84 Å². The molecule has 6 N–H and O–H groups in total. The normalized spacial score (nSPS) is 9.33. The molecule has 4 nitrogen and oxygen atoms in total. The van der Waals surface area contributed by atoms with E-state index in [1.165, 1.54) is 0 Å². The number of nitrogens with two attached hydrogens (primary N) is 3. The fourth-order valence-corrected chi connectivity index (χ4v) is 0. The summed E-state index contributed by atoms with van der Waals surface area (Å²) in [7, 11) is 0. The predicted octanol–water partition coefficient (Wildman–Crippen LogP) is -0.284. The van der Waals surface area contributed by atoms with Gasteiger partial charge in [0.15, 0.2) is 0 Å². The average molecular weight is 130 g/mol. The summed E-state index contributed by atoms with van der Waals surface area (Å²) in [6.07, 6.45) is 0. The SMILES string of the molecule is C=C(C)N.CC(N)=NN. The molecule has 4 heteroatoms. The van der Waals surface area contributed by atoms with Gasteiger partial charge >= 0.3 is 0 Å². The van der Waals surface area contributed by atoms with E-state index in [0.717, 1.165) is 0 Å². The van der Waals surface area contributed by atoms with Gasteiger partial charge in [-0.1, -0.05) is 6.58 Å². The van der Waals surface area contributed by atoms with Crippen molar-refractivity contribution in [2.75, 3.05) is 0 Å². The van der Waals surface area contributed by atoms with Crippen molar-refractivity contribution in [1.82, 2.24) is 0 Å². The summed E-state index contributed by atoms with van der Waals surface area (Å²) >= 11 is 0. The molecule has 0 heterocycles. The van der Waals surface area contributed by atoms with Crippen molar-refractivity contribution in [3.8, 4) is 0 Å². The molecule has 0 fully saturated rings. The summed E-state index contributed by atoms with van der Waals surface area (Å²) in [4.78, 5) is 0. The first kappa shape index (κ1) is 10.7. The van der Waals surface area contributed by atoms with Gasteiger partial charge in [-0.15, -0.1) is 0 Å². The Morgan fingerprint density at radius 1 is 1.33 bits per heavy atom. The maximum atomic E-state index is 4.92. The van der Waals surface area contributed by atoms with Crippen LogP contribution in [0.1, 0.15) is 13.8 Å². The van der Waals surface area contributed by atoms with Gasteiger partial charge in [0.05, 0.1) is 0 Å². The molecule has 0 bridgehead atoms. The van der Waals surface area contributed by atoms with E-state index in [-0.39, 0.29) is 0 Å². The summed E-state index contributed by atoms with van der Waals surface area (Å²) in [5.74, 6) is 5.04. The molecule has 0 aliphatic rings. The Kier molecular flexibility index (Phi) is 8.12. The van der Waals surface area contributed by atoms with Crippen LogP contribution in [0.25, 0.3) is 0 Å². The first-order valence-corrected chi connectivity index (χ1v) is 2.41. The van der Waals surface area contributed by atoms with E-state index in [2.05, 4.69) is 17.5 Å². The van der Waals surface area contributed by atoms with E-state index < -0.39 is 0 Å². The zero-order chi connectivity index (χ0) is 7.86. The van der Waals surface area contributed by atoms with Crippen LogP contribution in [-0.2, 0) is 0 Å². The monoisotopic (exact) mass is 130 g/mol. The molecule has 0 aromatic rings. The van der Waals surface area contributed by atoms with Gasteiger partial charge in [0.1, 0.15) is 5.84 Å². The highest BCUT2D eigenvalue weighted by atomic mass is 15.1. The van der Waals surface area contributed by atoms with Crippen LogP contribution in [-0.4, -0.2) is 5.84 Å². The molecule has 9 heavy (non-hydrogen) atoms. The Morgan fingerprint density at radius 2 is 1.44 bits per heavy atom. The zero-order valence-electron chi connectivity index (χ0n) is 5.89. The third kappa shape index (κ3) is 240. The molecule has 0 radical (unpaired) electrons. The quantitative estimate of drug-likeness (QED) is 0.182. The number of nitrogens with zero attached hydrogens (tertiary/aromatic N) is 1. The molecule has 0 unspecified atom stereocenters. The topological polar surface area (TPSA) is 90.4 Å². The van der Waals surface area contributed by atoms with Crippen LogP contribution < -0.4 is 17.3 Å². The molecule has 0 aliphatic heterocycles. The number of hydrogen-bond acceptors (Lipinski definition) is 3. The van der Waals surface area contributed by atoms with Crippen LogP contribution in [0.2, 0.25) is 0 Å². The fourth-order valence-electron chi connectivity index (χ4n) is 0. The van der Waals surface area contributed by atoms with Gasteiger partial charge in [-0.2, -0.15) is 5.10 Å². The Labute approximate surface area is 55.4 Å². The van der Waals surface area contributed by atoms with Gasteiger partial charge in [0.2, 0.25) is 0 Å². The highest BCUT2D eigenvalue weighted by molar-refractivity contribution is 5.76. The van der Waals surface area contributed by atoms with Crippen molar-refractivity contribution in [2.24, 2.45) is 22.4 Å². The van der Waals surface area contributed by atoms with Gasteiger partial charge in [-0.25, -0.2) is 0 Å². The molecule has 0 saturated heterocycles. The minimum absolute atomic E-state index is 0.407. The predicted molar refractivity (Wildman–Crippen MR) is 40.5 cm³/mol. The van der Waals surface area contributed by atoms with Crippen molar-refractivity contribution in [2.45, 2.75) is 13.8 Å². The molecule has 0 spiro atoms. The van der Waals surface area contributed by atoms with Crippen LogP contribution in [0.5, 0.6) is 0 Å². The van der Waals surface area contributed by atoms with Gasteiger partial charge in [-0.3, -0.25) is 0 Å². The van der Waals surface area contributed by atoms with E-state index in [0.29, 0.717) is 11.5 Å². The molecule has 0 rings (SSSR count). The summed E-state index contributed by atoms with van der Waals surface area (Å²) in [5, 5.41) is 3.08. The maximum Gasteiger partial charge on any atom is 0.116 e. The third-order valence-electron chi connectivity index (χ3n) is 0.204. The Hall–Kier alpha value is -1.19. The summed E-state index contributed by atoms with van der Waals surface area (Å²) in [6.45, 7) is 6.71. The van der Waals surface area contributed by atoms with Crippen molar-refractivity contribution in [1.29, 1.82) is 0 Å². The van der Waals surface area contributed by atoms with E-state index in [1.807, 2.05) is 0 Å². The van der Waals surface area contributed by atoms with Gasteiger partial charge in [-0.05, 0) is 19.5 Å². The Balaban J connectivity index is 0. The molecule has 54 valence electrons. The smallest absolute Gasteiger partial charge is 0.116 e. The number of hydrogen-bond donors (Lipinski definition) is 3. The Morgan fingerprint density at radius 3 is 1.44 bits per heavy atom. The van der Waals surface area contributed by atoms with E-state index in [9.17, 15) is 0 Å². The molecular weight excluding hydrogens is 116 g/mol. The van der Waals surface area contributed by atoms with Crippen molar-refractivity contribution in [3.63, 3.8) is 0 Å². The minimum Gasteiger partial charge on any atom is -0.403 e. The molecule has 0 saturated carbocycles. The largest absolute Gasteiger partial charge is 0.403 e.